The lowest BCUT2D eigenvalue weighted by Gasteiger charge is -2.27. The molecule has 0 radical (unpaired) electrons. The van der Waals surface area contributed by atoms with Crippen LogP contribution >= 0.6 is 0 Å². The molecule has 0 aliphatic heterocycles. The minimum atomic E-state index is 0.111. The van der Waals surface area contributed by atoms with Gasteiger partial charge in [-0.25, -0.2) is 0 Å². The predicted molar refractivity (Wildman–Crippen MR) is 52.1 cm³/mol. The number of allylic oxidation sites excluding steroid dienone is 1. The summed E-state index contributed by atoms with van der Waals surface area (Å²) < 4.78 is 0. The number of carbonyl (C=O) groups is 1. The summed E-state index contributed by atoms with van der Waals surface area (Å²) in [4.78, 5) is 10.9. The lowest BCUT2D eigenvalue weighted by Crippen LogP contribution is -2.39. The quantitative estimate of drug-likeness (QED) is 0.642. The van der Waals surface area contributed by atoms with E-state index in [1.165, 1.54) is 19.3 Å². The molecule has 2 nitrogen and oxygen atoms in total. The van der Waals surface area contributed by atoms with E-state index in [2.05, 4.69) is 18.0 Å². The van der Waals surface area contributed by atoms with E-state index < -0.39 is 0 Å². The maximum Gasteiger partial charge on any atom is 0.217 e. The molecule has 0 aromatic rings. The SMILES string of the molecule is C=C[C@H]1C[C@H]2C[C@@H]1[C@H](NC(C)=O)C2. The second-order valence-electron chi connectivity index (χ2n) is 4.44. The van der Waals surface area contributed by atoms with Crippen molar-refractivity contribution in [3.05, 3.63) is 12.7 Å². The molecule has 0 spiro atoms. The van der Waals surface area contributed by atoms with Crippen molar-refractivity contribution in [1.82, 2.24) is 5.32 Å². The molecule has 2 saturated carbocycles. The zero-order valence-corrected chi connectivity index (χ0v) is 8.12. The minimum Gasteiger partial charge on any atom is -0.353 e. The van der Waals surface area contributed by atoms with Crippen molar-refractivity contribution in [3.8, 4) is 0 Å². The van der Waals surface area contributed by atoms with E-state index in [0.29, 0.717) is 17.9 Å². The van der Waals surface area contributed by atoms with Crippen LogP contribution in [0.4, 0.5) is 0 Å². The predicted octanol–water partition coefficient (Wildman–Crippen LogP) is 1.72. The molecule has 0 unspecified atom stereocenters. The number of amides is 1. The molecule has 13 heavy (non-hydrogen) atoms. The normalized spacial score (nSPS) is 41.9. The van der Waals surface area contributed by atoms with Gasteiger partial charge >= 0.3 is 0 Å². The fourth-order valence-electron chi connectivity index (χ4n) is 3.10. The minimum absolute atomic E-state index is 0.111. The van der Waals surface area contributed by atoms with Crippen LogP contribution in [0.3, 0.4) is 0 Å². The van der Waals surface area contributed by atoms with Crippen LogP contribution in [-0.4, -0.2) is 11.9 Å². The van der Waals surface area contributed by atoms with Crippen LogP contribution < -0.4 is 5.32 Å². The van der Waals surface area contributed by atoms with Crippen molar-refractivity contribution < 1.29 is 4.79 Å². The van der Waals surface area contributed by atoms with E-state index in [0.717, 1.165) is 5.92 Å². The van der Waals surface area contributed by atoms with Gasteiger partial charge in [0.05, 0.1) is 0 Å². The zero-order chi connectivity index (χ0) is 9.42. The second kappa shape index (κ2) is 3.17. The Kier molecular flexibility index (Phi) is 2.14. The molecule has 2 bridgehead atoms. The lowest BCUT2D eigenvalue weighted by atomic mass is 9.85. The molecule has 2 aliphatic rings. The van der Waals surface area contributed by atoms with Crippen molar-refractivity contribution >= 4 is 5.91 Å². The van der Waals surface area contributed by atoms with Crippen LogP contribution in [0.2, 0.25) is 0 Å². The van der Waals surface area contributed by atoms with E-state index >= 15 is 0 Å². The molecule has 2 aliphatic carbocycles. The Labute approximate surface area is 79.4 Å². The van der Waals surface area contributed by atoms with E-state index in [9.17, 15) is 4.79 Å². The van der Waals surface area contributed by atoms with Crippen LogP contribution in [0.1, 0.15) is 26.2 Å². The van der Waals surface area contributed by atoms with Crippen LogP contribution in [0, 0.1) is 17.8 Å². The molecule has 0 aromatic heterocycles. The van der Waals surface area contributed by atoms with E-state index in [1.807, 2.05) is 0 Å². The molecular weight excluding hydrogens is 162 g/mol. The van der Waals surface area contributed by atoms with Gasteiger partial charge in [-0.3, -0.25) is 4.79 Å². The van der Waals surface area contributed by atoms with Gasteiger partial charge in [0.15, 0.2) is 0 Å². The maximum absolute atomic E-state index is 10.9. The van der Waals surface area contributed by atoms with Crippen LogP contribution in [0.25, 0.3) is 0 Å². The summed E-state index contributed by atoms with van der Waals surface area (Å²) in [7, 11) is 0. The fourth-order valence-corrected chi connectivity index (χ4v) is 3.10. The van der Waals surface area contributed by atoms with Gasteiger partial charge in [-0.1, -0.05) is 6.08 Å². The summed E-state index contributed by atoms with van der Waals surface area (Å²) in [6, 6.07) is 0.430. The number of hydrogen-bond donors (Lipinski definition) is 1. The molecule has 1 amide bonds. The molecule has 0 heterocycles. The summed E-state index contributed by atoms with van der Waals surface area (Å²) in [5.74, 6) is 2.27. The van der Waals surface area contributed by atoms with Gasteiger partial charge in [0.1, 0.15) is 0 Å². The lowest BCUT2D eigenvalue weighted by molar-refractivity contribution is -0.120. The molecule has 2 rings (SSSR count). The second-order valence-corrected chi connectivity index (χ2v) is 4.44. The molecule has 2 heteroatoms. The van der Waals surface area contributed by atoms with E-state index in [4.69, 9.17) is 0 Å². The highest BCUT2D eigenvalue weighted by atomic mass is 16.1. The highest BCUT2D eigenvalue weighted by molar-refractivity contribution is 5.73. The average Bonchev–Trinajstić information content (AvgIpc) is 2.60. The van der Waals surface area contributed by atoms with Gasteiger partial charge in [-0.15, -0.1) is 6.58 Å². The third-order valence-corrected chi connectivity index (χ3v) is 3.56. The average molecular weight is 179 g/mol. The maximum atomic E-state index is 10.9. The van der Waals surface area contributed by atoms with Gasteiger partial charge in [-0.05, 0) is 37.0 Å². The van der Waals surface area contributed by atoms with E-state index in [1.54, 1.807) is 6.92 Å². The first-order chi connectivity index (χ1) is 6.20. The first-order valence-electron chi connectivity index (χ1n) is 5.10. The highest BCUT2D eigenvalue weighted by Crippen LogP contribution is 2.48. The van der Waals surface area contributed by atoms with Gasteiger partial charge in [0, 0.05) is 13.0 Å². The highest BCUT2D eigenvalue weighted by Gasteiger charge is 2.44. The molecule has 72 valence electrons. The summed E-state index contributed by atoms with van der Waals surface area (Å²) in [5, 5.41) is 3.05. The molecule has 1 N–H and O–H groups in total. The number of carbonyl (C=O) groups excluding carboxylic acids is 1. The molecule has 2 fully saturated rings. The molecule has 0 saturated heterocycles. The third kappa shape index (κ3) is 1.50. The monoisotopic (exact) mass is 179 g/mol. The topological polar surface area (TPSA) is 29.1 Å². The Hall–Kier alpha value is -0.790. The van der Waals surface area contributed by atoms with Crippen LogP contribution in [0.15, 0.2) is 12.7 Å². The Bertz CT molecular complexity index is 236. The largest absolute Gasteiger partial charge is 0.353 e. The Balaban J connectivity index is 2.01. The fraction of sp³-hybridized carbons (Fsp3) is 0.727. The van der Waals surface area contributed by atoms with Crippen molar-refractivity contribution in [2.45, 2.75) is 32.2 Å². The molecular formula is C11H17NO. The zero-order valence-electron chi connectivity index (χ0n) is 8.12. The Morgan fingerprint density at radius 3 is 2.77 bits per heavy atom. The van der Waals surface area contributed by atoms with Crippen molar-refractivity contribution in [3.63, 3.8) is 0 Å². The number of nitrogens with one attached hydrogen (secondary N) is 1. The van der Waals surface area contributed by atoms with Crippen LogP contribution in [-0.2, 0) is 4.79 Å². The summed E-state index contributed by atoms with van der Waals surface area (Å²) in [6.45, 7) is 5.47. The molecule has 0 aromatic carbocycles. The summed E-state index contributed by atoms with van der Waals surface area (Å²) >= 11 is 0. The standard InChI is InChI=1S/C11H17NO/c1-3-9-4-8-5-10(9)11(6-8)12-7(2)13/h3,8-11H,1,4-6H2,2H3,(H,12,13)/t8-,9-,10-,11+/m0/s1. The summed E-state index contributed by atoms with van der Waals surface area (Å²) in [6.07, 6.45) is 5.85. The number of rotatable bonds is 2. The smallest absolute Gasteiger partial charge is 0.217 e. The first-order valence-corrected chi connectivity index (χ1v) is 5.10. The van der Waals surface area contributed by atoms with Gasteiger partial charge in [0.2, 0.25) is 5.91 Å². The number of hydrogen-bond acceptors (Lipinski definition) is 1. The van der Waals surface area contributed by atoms with E-state index in [-0.39, 0.29) is 5.91 Å². The van der Waals surface area contributed by atoms with Gasteiger partial charge in [-0.2, -0.15) is 0 Å². The van der Waals surface area contributed by atoms with Crippen molar-refractivity contribution in [1.29, 1.82) is 0 Å². The van der Waals surface area contributed by atoms with Crippen molar-refractivity contribution in [2.75, 3.05) is 0 Å². The van der Waals surface area contributed by atoms with Gasteiger partial charge < -0.3 is 5.32 Å². The first kappa shape index (κ1) is 8.79. The van der Waals surface area contributed by atoms with Crippen molar-refractivity contribution in [2.24, 2.45) is 17.8 Å². The van der Waals surface area contributed by atoms with Crippen LogP contribution in [0.5, 0.6) is 0 Å². The van der Waals surface area contributed by atoms with Gasteiger partial charge in [0.25, 0.3) is 0 Å². The third-order valence-electron chi connectivity index (χ3n) is 3.56. The molecule has 4 atom stereocenters. The Morgan fingerprint density at radius 1 is 1.46 bits per heavy atom. The Morgan fingerprint density at radius 2 is 2.23 bits per heavy atom. The summed E-state index contributed by atoms with van der Waals surface area (Å²) in [5.41, 5.74) is 0. The number of fused-ring (bicyclic) bond motifs is 2.